The standard InChI is InChI=1S/C12H25N3O2/c16-12(1-3-13-4-2-12)11-14-5-6-15-7-9-17-10-8-15/h13-14,16H,1-11H2. The molecule has 0 radical (unpaired) electrons. The highest BCUT2D eigenvalue weighted by atomic mass is 16.5. The molecular weight excluding hydrogens is 218 g/mol. The Balaban J connectivity index is 1.55. The van der Waals surface area contributed by atoms with Crippen LogP contribution in [0.5, 0.6) is 0 Å². The molecule has 5 nitrogen and oxygen atoms in total. The summed E-state index contributed by atoms with van der Waals surface area (Å²) in [5, 5.41) is 16.9. The molecule has 17 heavy (non-hydrogen) atoms. The third-order valence-electron chi connectivity index (χ3n) is 3.70. The number of nitrogens with zero attached hydrogens (tertiary/aromatic N) is 1. The Hall–Kier alpha value is -0.200. The molecule has 2 aliphatic heterocycles. The van der Waals surface area contributed by atoms with Crippen LogP contribution in [0.4, 0.5) is 0 Å². The van der Waals surface area contributed by atoms with E-state index in [4.69, 9.17) is 4.74 Å². The summed E-state index contributed by atoms with van der Waals surface area (Å²) in [7, 11) is 0. The van der Waals surface area contributed by atoms with Crippen LogP contribution < -0.4 is 10.6 Å². The van der Waals surface area contributed by atoms with Crippen LogP contribution in [0.2, 0.25) is 0 Å². The summed E-state index contributed by atoms with van der Waals surface area (Å²) in [5.41, 5.74) is -0.490. The van der Waals surface area contributed by atoms with E-state index in [9.17, 15) is 5.11 Å². The molecular formula is C12H25N3O2. The van der Waals surface area contributed by atoms with Gasteiger partial charge in [0.05, 0.1) is 18.8 Å². The molecule has 0 aromatic rings. The molecule has 2 fully saturated rings. The quantitative estimate of drug-likeness (QED) is 0.542. The molecule has 100 valence electrons. The maximum atomic E-state index is 10.3. The Bertz CT molecular complexity index is 214. The van der Waals surface area contributed by atoms with Crippen LogP contribution in [0.3, 0.4) is 0 Å². The van der Waals surface area contributed by atoms with Gasteiger partial charge in [-0.05, 0) is 25.9 Å². The van der Waals surface area contributed by atoms with Crippen LogP contribution in [0.1, 0.15) is 12.8 Å². The molecule has 0 amide bonds. The Kier molecular flexibility index (Phi) is 5.18. The van der Waals surface area contributed by atoms with E-state index in [1.54, 1.807) is 0 Å². The van der Waals surface area contributed by atoms with Crippen molar-refractivity contribution in [3.63, 3.8) is 0 Å². The van der Waals surface area contributed by atoms with Gasteiger partial charge >= 0.3 is 0 Å². The van der Waals surface area contributed by atoms with Crippen molar-refractivity contribution in [3.05, 3.63) is 0 Å². The minimum atomic E-state index is -0.490. The van der Waals surface area contributed by atoms with Crippen molar-refractivity contribution in [2.75, 3.05) is 59.0 Å². The van der Waals surface area contributed by atoms with E-state index in [-0.39, 0.29) is 0 Å². The first-order valence-corrected chi connectivity index (χ1v) is 6.72. The average molecular weight is 243 g/mol. The second-order valence-corrected chi connectivity index (χ2v) is 5.11. The van der Waals surface area contributed by atoms with Crippen LogP contribution in [-0.2, 0) is 4.74 Å². The number of aliphatic hydroxyl groups is 1. The Morgan fingerprint density at radius 2 is 1.94 bits per heavy atom. The van der Waals surface area contributed by atoms with E-state index in [2.05, 4.69) is 15.5 Å². The summed E-state index contributed by atoms with van der Waals surface area (Å²) in [4.78, 5) is 2.41. The van der Waals surface area contributed by atoms with E-state index in [0.29, 0.717) is 0 Å². The topological polar surface area (TPSA) is 56.8 Å². The van der Waals surface area contributed by atoms with Crippen LogP contribution in [-0.4, -0.2) is 74.6 Å². The third kappa shape index (κ3) is 4.52. The van der Waals surface area contributed by atoms with Crippen molar-refractivity contribution in [1.82, 2.24) is 15.5 Å². The monoisotopic (exact) mass is 243 g/mol. The zero-order valence-corrected chi connectivity index (χ0v) is 10.6. The lowest BCUT2D eigenvalue weighted by molar-refractivity contribution is 0.00886. The molecule has 2 saturated heterocycles. The third-order valence-corrected chi connectivity index (χ3v) is 3.70. The summed E-state index contributed by atoms with van der Waals surface area (Å²) in [6, 6.07) is 0. The van der Waals surface area contributed by atoms with Gasteiger partial charge in [0.2, 0.25) is 0 Å². The second kappa shape index (κ2) is 6.66. The van der Waals surface area contributed by atoms with Gasteiger partial charge in [0.15, 0.2) is 0 Å². The van der Waals surface area contributed by atoms with Crippen molar-refractivity contribution in [2.24, 2.45) is 0 Å². The second-order valence-electron chi connectivity index (χ2n) is 5.11. The Morgan fingerprint density at radius 3 is 2.65 bits per heavy atom. The summed E-state index contributed by atoms with van der Waals surface area (Å²) in [6.07, 6.45) is 1.72. The van der Waals surface area contributed by atoms with Crippen molar-refractivity contribution in [3.8, 4) is 0 Å². The number of rotatable bonds is 5. The molecule has 3 N–H and O–H groups in total. The largest absolute Gasteiger partial charge is 0.388 e. The van der Waals surface area contributed by atoms with Crippen LogP contribution in [0.25, 0.3) is 0 Å². The maximum Gasteiger partial charge on any atom is 0.0795 e. The predicted octanol–water partition coefficient (Wildman–Crippen LogP) is -0.977. The number of nitrogens with one attached hydrogen (secondary N) is 2. The van der Waals surface area contributed by atoms with Crippen LogP contribution in [0.15, 0.2) is 0 Å². The fourth-order valence-corrected chi connectivity index (χ4v) is 2.45. The van der Waals surface area contributed by atoms with E-state index < -0.39 is 5.60 Å². The molecule has 5 heteroatoms. The van der Waals surface area contributed by atoms with E-state index >= 15 is 0 Å². The average Bonchev–Trinajstić information content (AvgIpc) is 2.37. The summed E-state index contributed by atoms with van der Waals surface area (Å²) >= 11 is 0. The zero-order chi connectivity index (χ0) is 12.0. The fourth-order valence-electron chi connectivity index (χ4n) is 2.45. The van der Waals surface area contributed by atoms with E-state index in [1.807, 2.05) is 0 Å². The highest BCUT2D eigenvalue weighted by Crippen LogP contribution is 2.16. The fraction of sp³-hybridized carbons (Fsp3) is 1.00. The van der Waals surface area contributed by atoms with Gasteiger partial charge in [-0.3, -0.25) is 4.90 Å². The molecule has 0 aliphatic carbocycles. The van der Waals surface area contributed by atoms with Crippen LogP contribution in [0, 0.1) is 0 Å². The number of hydrogen-bond acceptors (Lipinski definition) is 5. The Morgan fingerprint density at radius 1 is 1.24 bits per heavy atom. The summed E-state index contributed by atoms with van der Waals surface area (Å²) in [5.74, 6) is 0. The molecule has 0 atom stereocenters. The number of ether oxygens (including phenoxy) is 1. The van der Waals surface area contributed by atoms with Crippen molar-refractivity contribution in [2.45, 2.75) is 18.4 Å². The minimum absolute atomic E-state index is 0.490. The molecule has 0 aromatic carbocycles. The molecule has 2 aliphatic rings. The van der Waals surface area contributed by atoms with Gasteiger partial charge in [0.25, 0.3) is 0 Å². The first-order chi connectivity index (χ1) is 8.29. The molecule has 2 heterocycles. The molecule has 0 unspecified atom stereocenters. The lowest BCUT2D eigenvalue weighted by Crippen LogP contribution is -2.49. The van der Waals surface area contributed by atoms with Gasteiger partial charge < -0.3 is 20.5 Å². The van der Waals surface area contributed by atoms with Crippen molar-refractivity contribution >= 4 is 0 Å². The van der Waals surface area contributed by atoms with Crippen molar-refractivity contribution in [1.29, 1.82) is 0 Å². The Labute approximate surface area is 104 Å². The zero-order valence-electron chi connectivity index (χ0n) is 10.6. The molecule has 0 bridgehead atoms. The first kappa shape index (κ1) is 13.2. The van der Waals surface area contributed by atoms with Crippen LogP contribution >= 0.6 is 0 Å². The lowest BCUT2D eigenvalue weighted by Gasteiger charge is -2.33. The molecule has 2 rings (SSSR count). The van der Waals surface area contributed by atoms with Gasteiger partial charge in [-0.1, -0.05) is 0 Å². The SMILES string of the molecule is OC1(CNCCN2CCOCC2)CCNCC1. The van der Waals surface area contributed by atoms with Gasteiger partial charge in [-0.25, -0.2) is 0 Å². The highest BCUT2D eigenvalue weighted by Gasteiger charge is 2.28. The molecule has 0 saturated carbocycles. The summed E-state index contributed by atoms with van der Waals surface area (Å²) < 4.78 is 5.31. The van der Waals surface area contributed by atoms with Gasteiger partial charge in [0.1, 0.15) is 0 Å². The minimum Gasteiger partial charge on any atom is -0.388 e. The lowest BCUT2D eigenvalue weighted by atomic mass is 9.92. The number of hydrogen-bond donors (Lipinski definition) is 3. The molecule has 0 aromatic heterocycles. The van der Waals surface area contributed by atoms with Gasteiger partial charge in [-0.15, -0.1) is 0 Å². The predicted molar refractivity (Wildman–Crippen MR) is 67.2 cm³/mol. The van der Waals surface area contributed by atoms with Gasteiger partial charge in [0, 0.05) is 32.7 Å². The normalized spacial score (nSPS) is 25.9. The van der Waals surface area contributed by atoms with E-state index in [1.165, 1.54) is 0 Å². The number of piperidine rings is 1. The molecule has 0 spiro atoms. The van der Waals surface area contributed by atoms with Gasteiger partial charge in [-0.2, -0.15) is 0 Å². The highest BCUT2D eigenvalue weighted by molar-refractivity contribution is 4.86. The summed E-state index contributed by atoms with van der Waals surface area (Å²) in [6.45, 7) is 8.38. The smallest absolute Gasteiger partial charge is 0.0795 e. The van der Waals surface area contributed by atoms with Crippen molar-refractivity contribution < 1.29 is 9.84 Å². The first-order valence-electron chi connectivity index (χ1n) is 6.72. The maximum absolute atomic E-state index is 10.3. The number of morpholine rings is 1. The van der Waals surface area contributed by atoms with E-state index in [0.717, 1.165) is 71.9 Å².